The number of urea groups is 1. The molecule has 4 atom stereocenters. The van der Waals surface area contributed by atoms with Crippen molar-refractivity contribution in [3.63, 3.8) is 0 Å². The minimum atomic E-state index is -1.11. The number of likely N-dealkylation sites (N-methyl/N-ethyl adjacent to an activating group) is 1. The van der Waals surface area contributed by atoms with E-state index in [9.17, 15) is 24.0 Å². The number of nitrogens with zero attached hydrogens (tertiary/aromatic N) is 7. The average Bonchev–Trinajstić information content (AvgIpc) is 3.92. The fourth-order valence-electron chi connectivity index (χ4n) is 10.3. The van der Waals surface area contributed by atoms with Gasteiger partial charge < -0.3 is 38.8 Å². The number of thiazole rings is 1. The van der Waals surface area contributed by atoms with E-state index in [-0.39, 0.29) is 97.6 Å². The predicted octanol–water partition coefficient (Wildman–Crippen LogP) is 5.83. The van der Waals surface area contributed by atoms with Gasteiger partial charge >= 0.3 is 12.0 Å². The van der Waals surface area contributed by atoms with Crippen LogP contribution < -0.4 is 10.7 Å². The van der Waals surface area contributed by atoms with E-state index in [1.807, 2.05) is 32.2 Å². The molecule has 4 aromatic rings. The Morgan fingerprint density at radius 2 is 1.82 bits per heavy atom. The minimum Gasteiger partial charge on any atom is -0.464 e. The third-order valence-corrected chi connectivity index (χ3v) is 14.7. The van der Waals surface area contributed by atoms with Gasteiger partial charge in [-0.15, -0.1) is 11.3 Å². The summed E-state index contributed by atoms with van der Waals surface area (Å²) >= 11 is 1.40. The lowest BCUT2D eigenvalue weighted by Crippen LogP contribution is -2.77. The van der Waals surface area contributed by atoms with Crippen molar-refractivity contribution < 1.29 is 38.2 Å². The number of hydrogen-bond acceptors (Lipinski definition) is 12. The summed E-state index contributed by atoms with van der Waals surface area (Å²) in [6, 6.07) is 7.15. The first-order valence-electron chi connectivity index (χ1n) is 23.7. The molecule has 3 aromatic heterocycles. The first kappa shape index (κ1) is 60.3. The molecule has 1 spiro atoms. The van der Waals surface area contributed by atoms with E-state index in [2.05, 4.69) is 66.9 Å². The summed E-state index contributed by atoms with van der Waals surface area (Å²) in [5, 5.41) is 8.10. The van der Waals surface area contributed by atoms with Crippen LogP contribution in [0.3, 0.4) is 0 Å². The van der Waals surface area contributed by atoms with Crippen molar-refractivity contribution in [1.82, 2.24) is 45.0 Å². The van der Waals surface area contributed by atoms with Crippen LogP contribution in [0.5, 0.6) is 0 Å². The van der Waals surface area contributed by atoms with Crippen molar-refractivity contribution in [1.29, 1.82) is 0 Å². The van der Waals surface area contributed by atoms with Crippen LogP contribution in [0.1, 0.15) is 76.8 Å². The summed E-state index contributed by atoms with van der Waals surface area (Å²) in [5.41, 5.74) is 8.49. The Kier molecular flexibility index (Phi) is 20.8. The maximum atomic E-state index is 14.7. The molecule has 396 valence electrons. The third-order valence-electron chi connectivity index (χ3n) is 13.9. The summed E-state index contributed by atoms with van der Waals surface area (Å²) in [5.74, 6) is -1.98. The Labute approximate surface area is 454 Å². The Bertz CT molecular complexity index is 2600. The van der Waals surface area contributed by atoms with E-state index >= 15 is 0 Å². The number of rotatable bonds is 9. The second-order valence-electron chi connectivity index (χ2n) is 19.7. The molecule has 7 heterocycles. The van der Waals surface area contributed by atoms with Crippen LogP contribution in [0.15, 0.2) is 54.6 Å². The standard InChI is InChI=1S/C50H65N9O8S.4H2S/c1-10-41(60)56-26-50(27-56)29-66-21-20-58(50)48(64)55(8)43(30(3)4)45(61)53-37-23-40-52-38(25-68-40)32-16-17-39-34(22-32)35(44(57(39)11-2)33-14-12-18-51-42(33)31(5)65-9)24-49(6,7)28-67-47(63)36-15-13-19-59(54-36)46(37)62;;;;/h10,12,14,16-18,22,25,30-31,36-37,43,54H,1,11,13,15,19-21,23-24,26-29H2,2-9H3,(H,53,61);4*1H2/t31-,36-,37-,43-;;;;/m0..../s1. The number of amides is 5. The largest absolute Gasteiger partial charge is 0.464 e. The van der Waals surface area contributed by atoms with E-state index in [1.165, 1.54) is 27.3 Å². The maximum Gasteiger partial charge on any atom is 0.324 e. The fraction of sp³-hybridized carbons (Fsp3) is 0.540. The van der Waals surface area contributed by atoms with E-state index in [0.717, 1.165) is 44.7 Å². The minimum absolute atomic E-state index is 0. The number of nitrogens with one attached hydrogen (secondary N) is 2. The monoisotopic (exact) mass is 1090 g/mol. The van der Waals surface area contributed by atoms with Crippen LogP contribution in [-0.2, 0) is 52.8 Å². The van der Waals surface area contributed by atoms with E-state index in [0.29, 0.717) is 63.6 Å². The molecule has 0 unspecified atom stereocenters. The number of carbonyl (C=O) groups excluding carboxylic acids is 5. The zero-order valence-electron chi connectivity index (χ0n) is 42.5. The lowest BCUT2D eigenvalue weighted by molar-refractivity contribution is -0.156. The summed E-state index contributed by atoms with van der Waals surface area (Å²) < 4.78 is 20.0. The molecular weight excluding hydrogens is 1010 g/mol. The van der Waals surface area contributed by atoms with Crippen molar-refractivity contribution in [2.75, 3.05) is 60.2 Å². The molecule has 0 radical (unpaired) electrons. The van der Waals surface area contributed by atoms with Gasteiger partial charge in [-0.3, -0.25) is 29.2 Å². The van der Waals surface area contributed by atoms with Gasteiger partial charge in [-0.05, 0) is 74.9 Å². The van der Waals surface area contributed by atoms with Gasteiger partial charge in [-0.2, -0.15) is 54.0 Å². The van der Waals surface area contributed by atoms with Gasteiger partial charge in [0.1, 0.15) is 23.7 Å². The molecule has 3 saturated heterocycles. The molecule has 22 heteroatoms. The first-order valence-corrected chi connectivity index (χ1v) is 24.5. The molecule has 0 saturated carbocycles. The van der Waals surface area contributed by atoms with Crippen molar-refractivity contribution in [3.05, 3.63) is 70.8 Å². The van der Waals surface area contributed by atoms with Crippen LogP contribution in [0.2, 0.25) is 0 Å². The zero-order valence-corrected chi connectivity index (χ0v) is 47.3. The molecule has 6 bridgehead atoms. The van der Waals surface area contributed by atoms with Gasteiger partial charge in [0.05, 0.1) is 48.0 Å². The molecule has 4 aliphatic rings. The Morgan fingerprint density at radius 1 is 1.08 bits per heavy atom. The molecule has 8 rings (SSSR count). The number of hydrogen-bond donors (Lipinski definition) is 2. The van der Waals surface area contributed by atoms with Crippen molar-refractivity contribution in [2.45, 2.75) is 104 Å². The summed E-state index contributed by atoms with van der Waals surface area (Å²) in [6.07, 6.45) is 4.40. The number of carbonyl (C=O) groups is 5. The number of aryl methyl sites for hydroxylation is 1. The van der Waals surface area contributed by atoms with E-state index in [4.69, 9.17) is 24.2 Å². The van der Waals surface area contributed by atoms with Gasteiger partial charge in [0.2, 0.25) is 11.8 Å². The summed E-state index contributed by atoms with van der Waals surface area (Å²) in [6.45, 7) is 18.2. The summed E-state index contributed by atoms with van der Waals surface area (Å²) in [7, 11) is 3.28. The third kappa shape index (κ3) is 12.0. The Hall–Kier alpha value is -4.29. The van der Waals surface area contributed by atoms with Crippen molar-refractivity contribution >= 4 is 106 Å². The van der Waals surface area contributed by atoms with Gasteiger partial charge in [0, 0.05) is 92.3 Å². The Morgan fingerprint density at radius 3 is 2.50 bits per heavy atom. The highest BCUT2D eigenvalue weighted by atomic mass is 32.1. The molecule has 4 aliphatic heterocycles. The predicted molar refractivity (Wildman–Crippen MR) is 300 cm³/mol. The summed E-state index contributed by atoms with van der Waals surface area (Å²) in [4.78, 5) is 84.8. The van der Waals surface area contributed by atoms with Crippen molar-refractivity contribution in [2.24, 2.45) is 11.3 Å². The van der Waals surface area contributed by atoms with Gasteiger partial charge in [-0.1, -0.05) is 40.3 Å². The SMILES string of the molecule is C=CC(=O)N1CC2(COCCN2C(=O)N(C)[C@H](C(=O)N[C@H]2Cc3nc(cs3)-c3ccc4c(c3)c(c(-c3cccnc3[C@H](C)OC)n4CC)CC(C)(C)COC(=O)[C@@H]3CCCN(N3)C2=O)C(C)C)C1.S.S.S.S. The smallest absolute Gasteiger partial charge is 0.324 e. The number of methoxy groups -OCH3 is 1. The lowest BCUT2D eigenvalue weighted by Gasteiger charge is -2.57. The first-order chi connectivity index (χ1) is 32.5. The average molecular weight is 1090 g/mol. The molecular formula is C50H73N9O8S5. The molecule has 1 aromatic carbocycles. The number of pyridine rings is 1. The van der Waals surface area contributed by atoms with Crippen molar-refractivity contribution in [3.8, 4) is 22.5 Å². The number of esters is 1. The number of morpholine rings is 1. The highest BCUT2D eigenvalue weighted by Gasteiger charge is 2.54. The highest BCUT2D eigenvalue weighted by Crippen LogP contribution is 2.42. The lowest BCUT2D eigenvalue weighted by atomic mass is 9.84. The fourth-order valence-corrected chi connectivity index (χ4v) is 11.1. The van der Waals surface area contributed by atoms with Gasteiger partial charge in [-0.25, -0.2) is 15.2 Å². The number of likely N-dealkylation sites (tertiary alicyclic amines) is 1. The molecule has 2 N–H and O–H groups in total. The molecule has 0 aliphatic carbocycles. The number of cyclic esters (lactones) is 1. The number of benzene rings is 1. The number of hydrazine groups is 1. The second kappa shape index (κ2) is 24.8. The van der Waals surface area contributed by atoms with Gasteiger partial charge in [0.25, 0.3) is 5.91 Å². The molecule has 17 nitrogen and oxygen atoms in total. The Balaban J connectivity index is 0.00000281. The van der Waals surface area contributed by atoms with E-state index < -0.39 is 46.9 Å². The highest BCUT2D eigenvalue weighted by molar-refractivity contribution is 7.59. The van der Waals surface area contributed by atoms with Crippen LogP contribution >= 0.6 is 65.3 Å². The molecule has 72 heavy (non-hydrogen) atoms. The van der Waals surface area contributed by atoms with Crippen LogP contribution in [-0.4, -0.2) is 148 Å². The zero-order chi connectivity index (χ0) is 48.7. The van der Waals surface area contributed by atoms with Crippen LogP contribution in [0.4, 0.5) is 4.79 Å². The number of aromatic nitrogens is 3. The maximum absolute atomic E-state index is 14.7. The van der Waals surface area contributed by atoms with Crippen LogP contribution in [0.25, 0.3) is 33.4 Å². The number of ether oxygens (including phenoxy) is 3. The van der Waals surface area contributed by atoms with Crippen LogP contribution in [0, 0.1) is 11.3 Å². The molecule has 5 amide bonds. The quantitative estimate of drug-likeness (QED) is 0.152. The second-order valence-corrected chi connectivity index (χ2v) is 20.6. The van der Waals surface area contributed by atoms with Gasteiger partial charge in [0.15, 0.2) is 0 Å². The molecule has 3 fully saturated rings. The number of fused-ring (bicyclic) bond motifs is 6. The topological polar surface area (TPSA) is 181 Å². The van der Waals surface area contributed by atoms with E-state index in [1.54, 1.807) is 30.2 Å². The normalized spacial score (nSPS) is 20.3.